The summed E-state index contributed by atoms with van der Waals surface area (Å²) in [6.45, 7) is 0.594. The summed E-state index contributed by atoms with van der Waals surface area (Å²) >= 11 is 0. The molecule has 4 fully saturated rings. The summed E-state index contributed by atoms with van der Waals surface area (Å²) in [5.74, 6) is 5.19. The summed E-state index contributed by atoms with van der Waals surface area (Å²) in [5, 5.41) is 4.93. The third kappa shape index (κ3) is 8.04. The van der Waals surface area contributed by atoms with Crippen LogP contribution in [0.1, 0.15) is 43.2 Å². The van der Waals surface area contributed by atoms with Gasteiger partial charge < -0.3 is 19.1 Å². The molecule has 5 aliphatic rings. The van der Waals surface area contributed by atoms with Gasteiger partial charge in [0.2, 0.25) is 0 Å². The highest BCUT2D eigenvalue weighted by Crippen LogP contribution is 2.65. The summed E-state index contributed by atoms with van der Waals surface area (Å²) in [4.78, 5) is 10.3. The average molecular weight is 1130 g/mol. The van der Waals surface area contributed by atoms with E-state index in [0.29, 0.717) is 18.5 Å². The average Bonchev–Trinajstić information content (AvgIpc) is 0.949. The molecule has 4 saturated carbocycles. The zero-order valence-corrected chi connectivity index (χ0v) is 48.8. The van der Waals surface area contributed by atoms with Gasteiger partial charge >= 0.3 is 0 Å². The summed E-state index contributed by atoms with van der Waals surface area (Å²) in [7, 11) is 0. The van der Waals surface area contributed by atoms with Crippen molar-refractivity contribution in [3.8, 4) is 56.4 Å². The molecule has 0 saturated heterocycles. The smallest absolute Gasteiger partial charge is 0.137 e. The zero-order chi connectivity index (χ0) is 57.9. The molecule has 0 unspecified atom stereocenters. The van der Waals surface area contributed by atoms with E-state index in [9.17, 15) is 0 Å². The van der Waals surface area contributed by atoms with Crippen molar-refractivity contribution in [2.75, 3.05) is 16.5 Å². The second-order valence-electron chi connectivity index (χ2n) is 25.1. The van der Waals surface area contributed by atoms with Gasteiger partial charge in [0.25, 0.3) is 0 Å². The van der Waals surface area contributed by atoms with Crippen LogP contribution in [0.25, 0.3) is 88.5 Å². The minimum Gasteiger partial charge on any atom is -0.457 e. The van der Waals surface area contributed by atoms with E-state index in [1.807, 2.05) is 0 Å². The first-order chi connectivity index (χ1) is 43.6. The molecule has 0 atom stereocenters. The second-order valence-corrected chi connectivity index (χ2v) is 25.1. The number of rotatable bonds is 11. The molecule has 6 nitrogen and oxygen atoms in total. The molecule has 0 spiro atoms. The molecule has 4 heterocycles. The molecular weight excluding hydrogens is 1070 g/mol. The number of ether oxygens (including phenoxy) is 1. The number of fused-ring (bicyclic) bond motifs is 7. The summed E-state index contributed by atoms with van der Waals surface area (Å²) < 4.78 is 12.1. The van der Waals surface area contributed by atoms with Gasteiger partial charge in [-0.05, 0) is 168 Å². The monoisotopic (exact) mass is 1130 g/mol. The minimum atomic E-state index is -0.138. The van der Waals surface area contributed by atoms with E-state index >= 15 is 0 Å². The van der Waals surface area contributed by atoms with E-state index in [1.54, 1.807) is 0 Å². The minimum absolute atomic E-state index is 0.138. The molecule has 422 valence electrons. The Balaban J connectivity index is 0.743. The van der Waals surface area contributed by atoms with E-state index in [2.05, 4.69) is 304 Å². The predicted molar refractivity (Wildman–Crippen MR) is 362 cm³/mol. The highest BCUT2D eigenvalue weighted by Gasteiger charge is 2.58. The summed E-state index contributed by atoms with van der Waals surface area (Å²) in [6, 6.07) is 102. The molecular formula is C82H63N5O. The van der Waals surface area contributed by atoms with Gasteiger partial charge in [-0.2, -0.15) is 0 Å². The van der Waals surface area contributed by atoms with Crippen LogP contribution in [-0.2, 0) is 5.41 Å². The molecule has 6 heteroatoms. The topological polar surface area (TPSA) is 38.5 Å². The van der Waals surface area contributed by atoms with Crippen molar-refractivity contribution in [3.05, 3.63) is 296 Å². The lowest BCUT2D eigenvalue weighted by molar-refractivity contribution is -0.0418. The van der Waals surface area contributed by atoms with E-state index < -0.39 is 0 Å². The first-order valence-corrected chi connectivity index (χ1v) is 31.4. The summed E-state index contributed by atoms with van der Waals surface area (Å²) in [6.07, 6.45) is 8.61. The lowest BCUT2D eigenvalue weighted by Gasteiger charge is -2.62. The molecule has 4 aliphatic carbocycles. The fraction of sp³-hybridized carbons (Fsp3) is 0.134. The van der Waals surface area contributed by atoms with Crippen LogP contribution in [0.3, 0.4) is 0 Å². The number of hydrogen-bond donors (Lipinski definition) is 0. The van der Waals surface area contributed by atoms with Gasteiger partial charge in [0.1, 0.15) is 24.0 Å². The van der Waals surface area contributed by atoms with Gasteiger partial charge in [-0.3, -0.25) is 4.57 Å². The molecule has 88 heavy (non-hydrogen) atoms. The number of nitrogens with zero attached hydrogens (tertiary/aromatic N) is 5. The van der Waals surface area contributed by atoms with Crippen molar-refractivity contribution in [1.82, 2.24) is 14.1 Å². The number of anilines is 4. The molecule has 0 amide bonds. The second kappa shape index (κ2) is 20.4. The van der Waals surface area contributed by atoms with Crippen molar-refractivity contribution in [3.63, 3.8) is 0 Å². The molecule has 0 radical (unpaired) electrons. The van der Waals surface area contributed by atoms with Crippen LogP contribution in [0.2, 0.25) is 0 Å². The first kappa shape index (κ1) is 50.9. The fourth-order valence-electron chi connectivity index (χ4n) is 17.1. The number of benzene rings is 11. The molecule has 3 aromatic heterocycles. The molecule has 19 rings (SSSR count). The fourth-order valence-corrected chi connectivity index (χ4v) is 17.1. The van der Waals surface area contributed by atoms with Gasteiger partial charge in [-0.25, -0.2) is 4.98 Å². The first-order valence-electron chi connectivity index (χ1n) is 31.4. The summed E-state index contributed by atoms with van der Waals surface area (Å²) in [5.41, 5.74) is 20.0. The Morgan fingerprint density at radius 3 is 1.50 bits per heavy atom. The van der Waals surface area contributed by atoms with Crippen molar-refractivity contribution >= 4 is 66.4 Å². The standard InChI is InChI=1S/C82H63N5O/c1-4-19-56(20-5-1)59-48-65(84-53-85(78-34-17-16-33-77(78)84)81-68(57-21-6-2-7-22-57)28-18-29-69(81)58-23-8-3-9-24-58)51-67(49-59)88-66-39-40-73-72-27-12-15-32-76(72)87(79(73)52-66)80-50-61(41-42-83-80)82(62-44-54-43-55(46-62)47-63(82)45-54)60-35-37-64(38-36-60)86-74-30-13-10-25-70(74)71-26-11-14-31-75(71)86/h1-42,48-52,54-55,62-63H,43-47,53H2. The molecule has 1 aliphatic heterocycles. The third-order valence-corrected chi connectivity index (χ3v) is 20.5. The van der Waals surface area contributed by atoms with Crippen molar-refractivity contribution in [1.29, 1.82) is 0 Å². The highest BCUT2D eigenvalue weighted by molar-refractivity contribution is 6.10. The van der Waals surface area contributed by atoms with Crippen LogP contribution in [0.15, 0.2) is 285 Å². The van der Waals surface area contributed by atoms with Crippen molar-refractivity contribution in [2.45, 2.75) is 37.5 Å². The van der Waals surface area contributed by atoms with E-state index in [0.717, 1.165) is 68.4 Å². The van der Waals surface area contributed by atoms with E-state index in [-0.39, 0.29) is 5.41 Å². The quantitative estimate of drug-likeness (QED) is 0.129. The normalized spacial score (nSPS) is 19.3. The van der Waals surface area contributed by atoms with Crippen LogP contribution in [0, 0.1) is 23.7 Å². The molecule has 0 N–H and O–H groups in total. The predicted octanol–water partition coefficient (Wildman–Crippen LogP) is 21.1. The molecule has 11 aromatic carbocycles. The van der Waals surface area contributed by atoms with Gasteiger partial charge in [0, 0.05) is 67.8 Å². The SMILES string of the molecule is c1ccc(-c2cc(Oc3ccc4c5ccccc5n(-c5cc(C6(c7ccc(-n8c9ccccc9c9ccccc98)cc7)C7CC8CC(C7)CC6C8)ccn5)c4c3)cc(N3CN(c4c(-c5ccccc5)cccc4-c4ccccc4)c4ccccc43)c2)cc1. The number of aromatic nitrogens is 3. The Morgan fingerprint density at radius 1 is 0.352 bits per heavy atom. The van der Waals surface area contributed by atoms with Crippen LogP contribution in [0.5, 0.6) is 11.5 Å². The van der Waals surface area contributed by atoms with Crippen LogP contribution in [0.4, 0.5) is 22.7 Å². The number of hydrogen-bond acceptors (Lipinski definition) is 4. The lowest BCUT2D eigenvalue weighted by atomic mass is 9.42. The van der Waals surface area contributed by atoms with Gasteiger partial charge in [0.05, 0.1) is 39.1 Å². The van der Waals surface area contributed by atoms with E-state index in [1.165, 1.54) is 109 Å². The van der Waals surface area contributed by atoms with Gasteiger partial charge in [0.15, 0.2) is 0 Å². The maximum atomic E-state index is 7.25. The number of para-hydroxylation sites is 6. The van der Waals surface area contributed by atoms with Gasteiger partial charge in [-0.1, -0.05) is 188 Å². The van der Waals surface area contributed by atoms with E-state index in [4.69, 9.17) is 9.72 Å². The van der Waals surface area contributed by atoms with Crippen molar-refractivity contribution < 1.29 is 4.74 Å². The Bertz CT molecular complexity index is 4870. The molecule has 14 aromatic rings. The van der Waals surface area contributed by atoms with Gasteiger partial charge in [-0.15, -0.1) is 0 Å². The zero-order valence-electron chi connectivity index (χ0n) is 48.8. The lowest BCUT2D eigenvalue weighted by Crippen LogP contribution is -2.56. The van der Waals surface area contributed by atoms with Crippen LogP contribution in [-0.4, -0.2) is 20.8 Å². The van der Waals surface area contributed by atoms with Crippen molar-refractivity contribution in [2.24, 2.45) is 23.7 Å². The Labute approximate surface area is 512 Å². The van der Waals surface area contributed by atoms with Crippen LogP contribution >= 0.6 is 0 Å². The highest BCUT2D eigenvalue weighted by atomic mass is 16.5. The Hall–Kier alpha value is -10.4. The maximum absolute atomic E-state index is 7.25. The Morgan fingerprint density at radius 2 is 0.886 bits per heavy atom. The van der Waals surface area contributed by atoms with Crippen LogP contribution < -0.4 is 14.5 Å². The number of pyridine rings is 1. The molecule has 4 bridgehead atoms. The largest absolute Gasteiger partial charge is 0.457 e. The Kier molecular flexibility index (Phi) is 11.8. The maximum Gasteiger partial charge on any atom is 0.137 e. The third-order valence-electron chi connectivity index (χ3n) is 20.5.